The molecule has 2 heterocycles. The van der Waals surface area contributed by atoms with Crippen molar-refractivity contribution in [2.24, 2.45) is 0 Å². The summed E-state index contributed by atoms with van der Waals surface area (Å²) in [6.07, 6.45) is 3.12. The van der Waals surface area contributed by atoms with Crippen molar-refractivity contribution in [3.05, 3.63) is 57.1 Å². The lowest BCUT2D eigenvalue weighted by Gasteiger charge is -2.34. The molecule has 0 bridgehead atoms. The van der Waals surface area contributed by atoms with Crippen LogP contribution in [0.25, 0.3) is 0 Å². The number of halogens is 1. The number of piperidine rings is 1. The van der Waals surface area contributed by atoms with Gasteiger partial charge in [0.1, 0.15) is 5.69 Å². The first-order valence-corrected chi connectivity index (χ1v) is 12.5. The molecule has 35 heavy (non-hydrogen) atoms. The number of nitrogens with zero attached hydrogens (tertiary/aromatic N) is 4. The first-order chi connectivity index (χ1) is 16.8. The van der Waals surface area contributed by atoms with Crippen LogP contribution in [0.1, 0.15) is 29.6 Å². The molecule has 2 aliphatic heterocycles. The zero-order chi connectivity index (χ0) is 24.9. The summed E-state index contributed by atoms with van der Waals surface area (Å²) in [6, 6.07) is 10.1. The molecule has 0 radical (unpaired) electrons. The number of benzene rings is 2. The maximum Gasteiger partial charge on any atom is 0.293 e. The first-order valence-electron chi connectivity index (χ1n) is 11.7. The van der Waals surface area contributed by atoms with Gasteiger partial charge in [-0.25, -0.2) is 0 Å². The van der Waals surface area contributed by atoms with Gasteiger partial charge in [0, 0.05) is 56.6 Å². The van der Waals surface area contributed by atoms with E-state index in [1.54, 1.807) is 18.2 Å². The molecule has 0 aromatic heterocycles. The summed E-state index contributed by atoms with van der Waals surface area (Å²) >= 11 is 11.8. The largest absolute Gasteiger partial charge is 0.368 e. The van der Waals surface area contributed by atoms with E-state index < -0.39 is 10.8 Å². The summed E-state index contributed by atoms with van der Waals surface area (Å²) in [5.74, 6) is -0.518. The molecule has 0 unspecified atom stereocenters. The Kier molecular flexibility index (Phi) is 8.04. The molecule has 2 aromatic carbocycles. The van der Waals surface area contributed by atoms with Gasteiger partial charge in [0.2, 0.25) is 0 Å². The molecule has 11 heteroatoms. The third kappa shape index (κ3) is 6.19. The van der Waals surface area contributed by atoms with E-state index in [9.17, 15) is 14.9 Å². The maximum absolute atomic E-state index is 12.8. The summed E-state index contributed by atoms with van der Waals surface area (Å²) in [5, 5.41) is 17.9. The van der Waals surface area contributed by atoms with Gasteiger partial charge in [0.25, 0.3) is 11.6 Å². The van der Waals surface area contributed by atoms with Crippen LogP contribution in [-0.2, 0) is 0 Å². The molecule has 0 atom stereocenters. The highest BCUT2D eigenvalue weighted by atomic mass is 35.5. The molecule has 4 rings (SSSR count). The van der Waals surface area contributed by atoms with Crippen LogP contribution in [0.4, 0.5) is 22.7 Å². The first kappa shape index (κ1) is 25.2. The number of hydrogen-bond acceptors (Lipinski definition) is 7. The Morgan fingerprint density at radius 2 is 1.63 bits per heavy atom. The Morgan fingerprint density at radius 3 is 2.29 bits per heavy atom. The average molecular weight is 517 g/mol. The van der Waals surface area contributed by atoms with Gasteiger partial charge in [-0.15, -0.1) is 0 Å². The highest BCUT2D eigenvalue weighted by Crippen LogP contribution is 2.32. The highest BCUT2D eigenvalue weighted by molar-refractivity contribution is 7.80. The Balaban J connectivity index is 1.40. The number of carbonyl (C=O) groups excluding carboxylic acids is 1. The lowest BCUT2D eigenvalue weighted by Crippen LogP contribution is -2.44. The Labute approximate surface area is 215 Å². The molecule has 0 spiro atoms. The molecule has 2 N–H and O–H groups in total. The number of rotatable bonds is 5. The van der Waals surface area contributed by atoms with Gasteiger partial charge >= 0.3 is 0 Å². The predicted molar refractivity (Wildman–Crippen MR) is 144 cm³/mol. The van der Waals surface area contributed by atoms with Crippen molar-refractivity contribution in [2.75, 3.05) is 61.4 Å². The minimum absolute atomic E-state index is 0.0790. The van der Waals surface area contributed by atoms with Crippen LogP contribution in [0.2, 0.25) is 5.02 Å². The quantitative estimate of drug-likeness (QED) is 0.348. The van der Waals surface area contributed by atoms with Crippen molar-refractivity contribution in [1.29, 1.82) is 0 Å². The van der Waals surface area contributed by atoms with Gasteiger partial charge < -0.3 is 20.0 Å². The Bertz CT molecular complexity index is 1120. The van der Waals surface area contributed by atoms with Crippen molar-refractivity contribution >= 4 is 57.6 Å². The zero-order valence-electron chi connectivity index (χ0n) is 19.6. The van der Waals surface area contributed by atoms with Crippen molar-refractivity contribution in [3.8, 4) is 0 Å². The summed E-state index contributed by atoms with van der Waals surface area (Å²) in [5.41, 5.74) is 2.24. The molecule has 2 saturated heterocycles. The minimum atomic E-state index is -0.518. The van der Waals surface area contributed by atoms with E-state index >= 15 is 0 Å². The van der Waals surface area contributed by atoms with E-state index in [4.69, 9.17) is 23.8 Å². The van der Waals surface area contributed by atoms with E-state index in [1.165, 1.54) is 6.07 Å². The van der Waals surface area contributed by atoms with Crippen LogP contribution in [0, 0.1) is 10.1 Å². The van der Waals surface area contributed by atoms with Gasteiger partial charge in [-0.05, 0) is 68.9 Å². The smallest absolute Gasteiger partial charge is 0.293 e. The molecule has 186 valence electrons. The second kappa shape index (κ2) is 11.2. The molecule has 2 fully saturated rings. The standard InChI is InChI=1S/C24H29ClN6O3S/c1-28-11-13-30(14-12-28)20-8-6-18(16-19(20)25)26-24(35)27-23(32)17-5-7-21(22(15-17)31(33)34)29-9-3-2-4-10-29/h5-8,15-16H,2-4,9-14H2,1H3,(H2,26,27,32,35). The summed E-state index contributed by atoms with van der Waals surface area (Å²) in [6.45, 7) is 5.31. The number of thiocarbonyl (C=S) groups is 1. The molecule has 1 amide bonds. The molecule has 9 nitrogen and oxygen atoms in total. The van der Waals surface area contributed by atoms with E-state index in [0.717, 1.165) is 64.2 Å². The van der Waals surface area contributed by atoms with Gasteiger partial charge in [-0.2, -0.15) is 0 Å². The van der Waals surface area contributed by atoms with E-state index in [-0.39, 0.29) is 16.4 Å². The fourth-order valence-corrected chi connectivity index (χ4v) is 4.95. The molecule has 2 aliphatic rings. The zero-order valence-corrected chi connectivity index (χ0v) is 21.2. The number of nitrogens with one attached hydrogen (secondary N) is 2. The van der Waals surface area contributed by atoms with E-state index in [2.05, 4.69) is 27.5 Å². The molecule has 0 saturated carbocycles. The minimum Gasteiger partial charge on any atom is -0.368 e. The summed E-state index contributed by atoms with van der Waals surface area (Å²) in [7, 11) is 2.10. The third-order valence-corrected chi connectivity index (χ3v) is 6.91. The van der Waals surface area contributed by atoms with Crippen molar-refractivity contribution < 1.29 is 9.72 Å². The fourth-order valence-electron chi connectivity index (χ4n) is 4.44. The number of hydrogen-bond donors (Lipinski definition) is 2. The van der Waals surface area contributed by atoms with Crippen molar-refractivity contribution in [1.82, 2.24) is 10.2 Å². The van der Waals surface area contributed by atoms with Crippen LogP contribution in [-0.4, -0.2) is 67.2 Å². The molecular formula is C24H29ClN6O3S. The van der Waals surface area contributed by atoms with E-state index in [1.807, 2.05) is 17.0 Å². The van der Waals surface area contributed by atoms with Crippen molar-refractivity contribution in [3.63, 3.8) is 0 Å². The fraction of sp³-hybridized carbons (Fsp3) is 0.417. The van der Waals surface area contributed by atoms with Crippen molar-refractivity contribution in [2.45, 2.75) is 19.3 Å². The number of piperazine rings is 1. The predicted octanol–water partition coefficient (Wildman–Crippen LogP) is 4.12. The molecule has 2 aromatic rings. The second-order valence-corrected chi connectivity index (χ2v) is 9.69. The maximum atomic E-state index is 12.8. The van der Waals surface area contributed by atoms with Gasteiger partial charge in [-0.1, -0.05) is 11.6 Å². The van der Waals surface area contributed by atoms with Crippen LogP contribution >= 0.6 is 23.8 Å². The highest BCUT2D eigenvalue weighted by Gasteiger charge is 2.23. The third-order valence-electron chi connectivity index (χ3n) is 6.41. The van der Waals surface area contributed by atoms with E-state index in [0.29, 0.717) is 16.4 Å². The number of likely N-dealkylation sites (N-methyl/N-ethyl adjacent to an activating group) is 1. The molecule has 0 aliphatic carbocycles. The Morgan fingerprint density at radius 1 is 0.971 bits per heavy atom. The topological polar surface area (TPSA) is 94.0 Å². The van der Waals surface area contributed by atoms with Crippen LogP contribution in [0.3, 0.4) is 0 Å². The van der Waals surface area contributed by atoms with Crippen LogP contribution in [0.5, 0.6) is 0 Å². The van der Waals surface area contributed by atoms with Gasteiger partial charge in [0.05, 0.1) is 15.6 Å². The number of nitro benzene ring substituents is 1. The number of nitro groups is 1. The molecular weight excluding hydrogens is 488 g/mol. The summed E-state index contributed by atoms with van der Waals surface area (Å²) in [4.78, 5) is 30.5. The monoisotopic (exact) mass is 516 g/mol. The average Bonchev–Trinajstić information content (AvgIpc) is 2.85. The van der Waals surface area contributed by atoms with Gasteiger partial charge in [-0.3, -0.25) is 20.2 Å². The number of carbonyl (C=O) groups is 1. The lowest BCUT2D eigenvalue weighted by molar-refractivity contribution is -0.384. The number of amides is 1. The Hall–Kier alpha value is -2.95. The van der Waals surface area contributed by atoms with Gasteiger partial charge in [0.15, 0.2) is 5.11 Å². The summed E-state index contributed by atoms with van der Waals surface area (Å²) < 4.78 is 0. The second-order valence-electron chi connectivity index (χ2n) is 8.87. The van der Waals surface area contributed by atoms with Crippen LogP contribution in [0.15, 0.2) is 36.4 Å². The SMILES string of the molecule is CN1CCN(c2ccc(NC(=S)NC(=O)c3ccc(N4CCCCC4)c([N+](=O)[O-])c3)cc2Cl)CC1. The normalized spacial score (nSPS) is 16.6. The lowest BCUT2D eigenvalue weighted by atomic mass is 10.1. The van der Waals surface area contributed by atoms with Crippen LogP contribution < -0.4 is 20.4 Å². The number of anilines is 3.